The molecule has 2 aromatic rings. The first kappa shape index (κ1) is 23.2. The van der Waals surface area contributed by atoms with Gasteiger partial charge in [-0.25, -0.2) is 0 Å². The van der Waals surface area contributed by atoms with Crippen LogP contribution >= 0.6 is 0 Å². The fraction of sp³-hybridized carbons (Fsp3) is 0.320. The second kappa shape index (κ2) is 11.2. The number of benzene rings is 2. The van der Waals surface area contributed by atoms with Crippen LogP contribution in [0.25, 0.3) is 6.08 Å². The Labute approximate surface area is 188 Å². The Morgan fingerprint density at radius 1 is 1.16 bits per heavy atom. The van der Waals surface area contributed by atoms with E-state index in [1.165, 1.54) is 11.0 Å². The molecule has 1 unspecified atom stereocenters. The Morgan fingerprint density at radius 2 is 1.97 bits per heavy atom. The molecule has 7 heteroatoms. The highest BCUT2D eigenvalue weighted by atomic mass is 16.2. The van der Waals surface area contributed by atoms with Crippen LogP contribution in [0.3, 0.4) is 0 Å². The predicted octanol–water partition coefficient (Wildman–Crippen LogP) is 2.60. The second-order valence-electron chi connectivity index (χ2n) is 8.02. The fourth-order valence-corrected chi connectivity index (χ4v) is 3.71. The van der Waals surface area contributed by atoms with Crippen molar-refractivity contribution >= 4 is 29.5 Å². The second-order valence-corrected chi connectivity index (χ2v) is 8.02. The third-order valence-electron chi connectivity index (χ3n) is 5.35. The lowest BCUT2D eigenvalue weighted by atomic mass is 10.1. The molecule has 3 rings (SSSR count). The summed E-state index contributed by atoms with van der Waals surface area (Å²) in [5, 5.41) is 5.62. The largest absolute Gasteiger partial charge is 0.341 e. The maximum Gasteiger partial charge on any atom is 0.245 e. The fourth-order valence-electron chi connectivity index (χ4n) is 3.71. The van der Waals surface area contributed by atoms with Gasteiger partial charge in [0.15, 0.2) is 0 Å². The van der Waals surface area contributed by atoms with E-state index in [0.717, 1.165) is 29.5 Å². The number of aryl methyl sites for hydroxylation is 1. The lowest BCUT2D eigenvalue weighted by Gasteiger charge is -2.24. The first-order valence-corrected chi connectivity index (χ1v) is 10.9. The first-order chi connectivity index (χ1) is 15.4. The molecule has 1 aliphatic heterocycles. The number of carbonyl (C=O) groups is 3. The van der Waals surface area contributed by atoms with Crippen molar-refractivity contribution in [2.75, 3.05) is 18.4 Å². The summed E-state index contributed by atoms with van der Waals surface area (Å²) in [6, 6.07) is 14.5. The van der Waals surface area contributed by atoms with Crippen LogP contribution < -0.4 is 16.4 Å². The Kier molecular flexibility index (Phi) is 8.16. The van der Waals surface area contributed by atoms with Crippen LogP contribution in [0.5, 0.6) is 0 Å². The van der Waals surface area contributed by atoms with Gasteiger partial charge >= 0.3 is 0 Å². The van der Waals surface area contributed by atoms with Gasteiger partial charge in [0.25, 0.3) is 0 Å². The van der Waals surface area contributed by atoms with Gasteiger partial charge in [0.1, 0.15) is 6.04 Å². The molecule has 1 saturated heterocycles. The van der Waals surface area contributed by atoms with Crippen LogP contribution in [0.4, 0.5) is 5.69 Å². The van der Waals surface area contributed by atoms with Gasteiger partial charge in [-0.2, -0.15) is 0 Å². The van der Waals surface area contributed by atoms with Crippen molar-refractivity contribution in [3.05, 3.63) is 71.3 Å². The maximum absolute atomic E-state index is 13.0. The summed E-state index contributed by atoms with van der Waals surface area (Å²) in [5.41, 5.74) is 9.23. The van der Waals surface area contributed by atoms with Crippen LogP contribution in [0.1, 0.15) is 36.0 Å². The minimum atomic E-state index is -0.638. The van der Waals surface area contributed by atoms with Gasteiger partial charge < -0.3 is 21.3 Å². The maximum atomic E-state index is 13.0. The van der Waals surface area contributed by atoms with Gasteiger partial charge in [0.2, 0.25) is 17.7 Å². The van der Waals surface area contributed by atoms with Crippen LogP contribution in [0, 0.1) is 6.92 Å². The molecule has 7 nitrogen and oxygen atoms in total. The van der Waals surface area contributed by atoms with Crippen LogP contribution in [-0.2, 0) is 20.9 Å². The van der Waals surface area contributed by atoms with E-state index in [1.54, 1.807) is 12.1 Å². The van der Waals surface area contributed by atoms with Crippen molar-refractivity contribution in [3.63, 3.8) is 0 Å². The van der Waals surface area contributed by atoms with E-state index in [0.29, 0.717) is 25.2 Å². The van der Waals surface area contributed by atoms with Gasteiger partial charge in [-0.3, -0.25) is 14.4 Å². The summed E-state index contributed by atoms with van der Waals surface area (Å²) in [5.74, 6) is -0.834. The topological polar surface area (TPSA) is 105 Å². The molecule has 0 bridgehead atoms. The molecule has 0 aliphatic carbocycles. The smallest absolute Gasteiger partial charge is 0.245 e. The molecular weight excluding hydrogens is 404 g/mol. The highest BCUT2D eigenvalue weighted by molar-refractivity contribution is 5.98. The highest BCUT2D eigenvalue weighted by Crippen LogP contribution is 2.14. The number of hydrogen-bond donors (Lipinski definition) is 3. The van der Waals surface area contributed by atoms with E-state index in [9.17, 15) is 14.4 Å². The zero-order chi connectivity index (χ0) is 22.9. The Hall–Kier alpha value is -3.45. The quantitative estimate of drug-likeness (QED) is 0.583. The minimum absolute atomic E-state index is 0.0583. The lowest BCUT2D eigenvalue weighted by Crippen LogP contribution is -2.49. The molecule has 0 saturated carbocycles. The van der Waals surface area contributed by atoms with Crippen LogP contribution in [0.2, 0.25) is 0 Å². The van der Waals surface area contributed by atoms with Gasteiger partial charge in [0, 0.05) is 24.9 Å². The third-order valence-corrected chi connectivity index (χ3v) is 5.35. The molecule has 2 aromatic carbocycles. The molecule has 1 aliphatic rings. The summed E-state index contributed by atoms with van der Waals surface area (Å²) >= 11 is 0. The van der Waals surface area contributed by atoms with Crippen LogP contribution in [-0.4, -0.2) is 41.8 Å². The van der Waals surface area contributed by atoms with Gasteiger partial charge in [-0.1, -0.05) is 42.0 Å². The Balaban J connectivity index is 1.58. The Morgan fingerprint density at radius 3 is 2.75 bits per heavy atom. The lowest BCUT2D eigenvalue weighted by molar-refractivity contribution is -0.137. The molecule has 4 N–H and O–H groups in total. The van der Waals surface area contributed by atoms with Crippen molar-refractivity contribution in [2.45, 2.75) is 38.8 Å². The molecule has 1 fully saturated rings. The van der Waals surface area contributed by atoms with Gasteiger partial charge in [0.05, 0.1) is 6.54 Å². The first-order valence-electron chi connectivity index (χ1n) is 10.9. The molecule has 168 valence electrons. The number of nitrogens with zero attached hydrogens (tertiary/aromatic N) is 1. The summed E-state index contributed by atoms with van der Waals surface area (Å²) in [6.07, 6.45) is 5.31. The summed E-state index contributed by atoms with van der Waals surface area (Å²) < 4.78 is 0. The average Bonchev–Trinajstić information content (AvgIpc) is 2.94. The number of nitrogens with one attached hydrogen (secondary N) is 2. The van der Waals surface area contributed by atoms with Gasteiger partial charge in [-0.05, 0) is 55.5 Å². The number of nitrogens with two attached hydrogens (primary N) is 1. The average molecular weight is 435 g/mol. The van der Waals surface area contributed by atoms with Crippen molar-refractivity contribution in [1.82, 2.24) is 10.2 Å². The normalized spacial score (nSPS) is 16.6. The molecule has 3 amide bonds. The molecule has 0 spiro atoms. The van der Waals surface area contributed by atoms with Crippen molar-refractivity contribution in [2.24, 2.45) is 5.73 Å². The highest BCUT2D eigenvalue weighted by Gasteiger charge is 2.29. The Bertz CT molecular complexity index is 1000. The molecule has 0 aromatic heterocycles. The van der Waals surface area contributed by atoms with Crippen molar-refractivity contribution in [3.8, 4) is 0 Å². The standard InChI is InChI=1S/C25H30N4O3/c1-18-6-4-7-19(14-18)11-12-23(30)28-22-10-2-3-13-29(25(22)32)17-24(31)27-21-9-5-8-20(15-21)16-26/h4-9,11-12,14-15,22H,2-3,10,13,16-17,26H2,1H3,(H,27,31)(H,28,30)/b12-11+. The minimum Gasteiger partial charge on any atom is -0.341 e. The number of likely N-dealkylation sites (tertiary alicyclic amines) is 1. The third kappa shape index (κ3) is 6.78. The number of rotatable bonds is 7. The van der Waals surface area contributed by atoms with Crippen molar-refractivity contribution < 1.29 is 14.4 Å². The molecule has 32 heavy (non-hydrogen) atoms. The van der Waals surface area contributed by atoms with Crippen LogP contribution in [0.15, 0.2) is 54.6 Å². The van der Waals surface area contributed by atoms with E-state index in [1.807, 2.05) is 49.4 Å². The number of carbonyl (C=O) groups excluding carboxylic acids is 3. The predicted molar refractivity (Wildman–Crippen MR) is 126 cm³/mol. The molecule has 0 radical (unpaired) electrons. The summed E-state index contributed by atoms with van der Waals surface area (Å²) in [7, 11) is 0. The van der Waals surface area contributed by atoms with Gasteiger partial charge in [-0.15, -0.1) is 0 Å². The number of anilines is 1. The molecular formula is C25H30N4O3. The monoisotopic (exact) mass is 434 g/mol. The number of hydrogen-bond acceptors (Lipinski definition) is 4. The van der Waals surface area contributed by atoms with E-state index >= 15 is 0 Å². The van der Waals surface area contributed by atoms with E-state index in [-0.39, 0.29) is 24.3 Å². The summed E-state index contributed by atoms with van der Waals surface area (Å²) in [4.78, 5) is 39.4. The zero-order valence-electron chi connectivity index (χ0n) is 18.3. The molecule has 1 atom stereocenters. The van der Waals surface area contributed by atoms with E-state index < -0.39 is 6.04 Å². The number of amides is 3. The summed E-state index contributed by atoms with van der Waals surface area (Å²) in [6.45, 7) is 2.80. The van der Waals surface area contributed by atoms with Crippen molar-refractivity contribution in [1.29, 1.82) is 0 Å². The zero-order valence-corrected chi connectivity index (χ0v) is 18.3. The SMILES string of the molecule is Cc1cccc(/C=C/C(=O)NC2CCCCN(CC(=O)Nc3cccc(CN)c3)C2=O)c1. The van der Waals surface area contributed by atoms with E-state index in [4.69, 9.17) is 5.73 Å². The molecule has 1 heterocycles. The van der Waals surface area contributed by atoms with E-state index in [2.05, 4.69) is 10.6 Å².